The molecule has 0 aliphatic carbocycles. The minimum Gasteiger partial charge on any atom is -0.496 e. The number of rotatable bonds is 6. The molecule has 156 valence electrons. The van der Waals surface area contributed by atoms with Crippen LogP contribution in [0.25, 0.3) is 5.69 Å². The summed E-state index contributed by atoms with van der Waals surface area (Å²) in [7, 11) is 1.59. The van der Waals surface area contributed by atoms with E-state index < -0.39 is 0 Å². The van der Waals surface area contributed by atoms with Crippen LogP contribution in [0.5, 0.6) is 5.75 Å². The number of halogens is 1. The molecule has 1 aromatic heterocycles. The lowest BCUT2D eigenvalue weighted by Crippen LogP contribution is -2.17. The zero-order valence-corrected chi connectivity index (χ0v) is 20.0. The third-order valence-corrected chi connectivity index (χ3v) is 5.96. The van der Waals surface area contributed by atoms with E-state index in [1.165, 1.54) is 5.56 Å². The zero-order chi connectivity index (χ0) is 21.8. The zero-order valence-electron chi connectivity index (χ0n) is 17.9. The van der Waals surface area contributed by atoms with Gasteiger partial charge < -0.3 is 9.30 Å². The molecule has 2 aromatic carbocycles. The van der Waals surface area contributed by atoms with E-state index in [2.05, 4.69) is 95.7 Å². The molecule has 0 saturated carbocycles. The number of carbonyl (C=O) groups is 1. The van der Waals surface area contributed by atoms with E-state index >= 15 is 0 Å². The molecule has 0 saturated heterocycles. The highest BCUT2D eigenvalue weighted by molar-refractivity contribution is 14.1. The van der Waals surface area contributed by atoms with E-state index in [-0.39, 0.29) is 5.91 Å². The lowest BCUT2D eigenvalue weighted by atomic mass is 10.0. The van der Waals surface area contributed by atoms with Crippen LogP contribution in [0.1, 0.15) is 52.6 Å². The van der Waals surface area contributed by atoms with Crippen LogP contribution < -0.4 is 10.2 Å². The fraction of sp³-hybridized carbons (Fsp3) is 0.250. The van der Waals surface area contributed by atoms with Crippen molar-refractivity contribution < 1.29 is 9.53 Å². The van der Waals surface area contributed by atoms with Crippen molar-refractivity contribution in [3.63, 3.8) is 0 Å². The van der Waals surface area contributed by atoms with Crippen molar-refractivity contribution in [3.05, 3.63) is 80.2 Å². The summed E-state index contributed by atoms with van der Waals surface area (Å²) in [5, 5.41) is 4.16. The van der Waals surface area contributed by atoms with E-state index in [1.54, 1.807) is 25.5 Å². The maximum Gasteiger partial charge on any atom is 0.271 e. The lowest BCUT2D eigenvalue weighted by molar-refractivity contribution is 0.0954. The van der Waals surface area contributed by atoms with Crippen molar-refractivity contribution in [3.8, 4) is 11.4 Å². The van der Waals surface area contributed by atoms with E-state index in [1.807, 2.05) is 6.07 Å². The van der Waals surface area contributed by atoms with Gasteiger partial charge in [0.2, 0.25) is 0 Å². The number of amides is 1. The fourth-order valence-corrected chi connectivity index (χ4v) is 3.91. The van der Waals surface area contributed by atoms with Crippen LogP contribution >= 0.6 is 22.6 Å². The third kappa shape index (κ3) is 4.75. The molecule has 3 rings (SSSR count). The standard InChI is InChI=1S/C24H26IN3O2/c1-15(2)18-6-9-21(10-7-18)28-16(3)12-20(17(28)4)14-26-27-24(29)19-8-11-22(25)23(13-19)30-5/h6-15H,1-5H3,(H,27,29)/b26-14-. The van der Waals surface area contributed by atoms with Gasteiger partial charge in [-0.25, -0.2) is 5.43 Å². The monoisotopic (exact) mass is 515 g/mol. The molecule has 0 radical (unpaired) electrons. The average Bonchev–Trinajstić information content (AvgIpc) is 3.01. The molecule has 0 unspecified atom stereocenters. The summed E-state index contributed by atoms with van der Waals surface area (Å²) >= 11 is 2.17. The van der Waals surface area contributed by atoms with Gasteiger partial charge >= 0.3 is 0 Å². The Hall–Kier alpha value is -2.61. The predicted octanol–water partition coefficient (Wildman–Crippen LogP) is 5.59. The molecular formula is C24H26IN3O2. The quantitative estimate of drug-likeness (QED) is 0.264. The number of methoxy groups -OCH3 is 1. The highest BCUT2D eigenvalue weighted by Gasteiger charge is 2.11. The summed E-state index contributed by atoms with van der Waals surface area (Å²) in [4.78, 5) is 12.4. The predicted molar refractivity (Wildman–Crippen MR) is 130 cm³/mol. The molecule has 0 atom stereocenters. The number of hydrogen-bond donors (Lipinski definition) is 1. The molecule has 0 fully saturated rings. The van der Waals surface area contributed by atoms with E-state index in [0.717, 1.165) is 26.2 Å². The average molecular weight is 515 g/mol. The van der Waals surface area contributed by atoms with Crippen molar-refractivity contribution in [1.82, 2.24) is 9.99 Å². The smallest absolute Gasteiger partial charge is 0.271 e. The largest absolute Gasteiger partial charge is 0.496 e. The van der Waals surface area contributed by atoms with Gasteiger partial charge in [-0.3, -0.25) is 4.79 Å². The van der Waals surface area contributed by atoms with Crippen molar-refractivity contribution in [1.29, 1.82) is 0 Å². The first-order chi connectivity index (χ1) is 14.3. The van der Waals surface area contributed by atoms with Gasteiger partial charge in [-0.1, -0.05) is 26.0 Å². The molecule has 1 heterocycles. The topological polar surface area (TPSA) is 55.6 Å². The molecule has 30 heavy (non-hydrogen) atoms. The number of hydrazone groups is 1. The van der Waals surface area contributed by atoms with Gasteiger partial charge in [0, 0.05) is 28.2 Å². The molecule has 6 heteroatoms. The van der Waals surface area contributed by atoms with Gasteiger partial charge in [-0.15, -0.1) is 0 Å². The van der Waals surface area contributed by atoms with Crippen LogP contribution in [-0.2, 0) is 0 Å². The van der Waals surface area contributed by atoms with Crippen LogP contribution in [0.15, 0.2) is 53.6 Å². The number of ether oxygens (including phenoxy) is 1. The van der Waals surface area contributed by atoms with Crippen LogP contribution in [0, 0.1) is 17.4 Å². The number of hydrogen-bond acceptors (Lipinski definition) is 3. The highest BCUT2D eigenvalue weighted by atomic mass is 127. The molecule has 0 bridgehead atoms. The van der Waals surface area contributed by atoms with Crippen LogP contribution in [-0.4, -0.2) is 23.8 Å². The Bertz CT molecular complexity index is 1080. The van der Waals surface area contributed by atoms with Crippen LogP contribution in [0.4, 0.5) is 0 Å². The molecule has 1 N–H and O–H groups in total. The molecule has 1 amide bonds. The van der Waals surface area contributed by atoms with Crippen LogP contribution in [0.2, 0.25) is 0 Å². The van der Waals surface area contributed by atoms with Gasteiger partial charge in [0.05, 0.1) is 16.9 Å². The second-order valence-electron chi connectivity index (χ2n) is 7.46. The number of aromatic nitrogens is 1. The van der Waals surface area contributed by atoms with E-state index in [0.29, 0.717) is 17.2 Å². The van der Waals surface area contributed by atoms with Gasteiger partial charge in [0.1, 0.15) is 5.75 Å². The van der Waals surface area contributed by atoms with Crippen molar-refractivity contribution in [2.75, 3.05) is 7.11 Å². The minimum atomic E-state index is -0.279. The Balaban J connectivity index is 1.77. The summed E-state index contributed by atoms with van der Waals surface area (Å²) in [6, 6.07) is 16.0. The summed E-state index contributed by atoms with van der Waals surface area (Å²) in [5.41, 5.74) is 8.67. The Morgan fingerprint density at radius 3 is 2.47 bits per heavy atom. The van der Waals surface area contributed by atoms with Gasteiger partial charge in [0.15, 0.2) is 0 Å². The first kappa shape index (κ1) is 22.1. The first-order valence-corrected chi connectivity index (χ1v) is 10.9. The second kappa shape index (κ2) is 9.47. The molecule has 0 aliphatic heterocycles. The normalized spacial score (nSPS) is 11.3. The van der Waals surface area contributed by atoms with E-state index in [4.69, 9.17) is 4.74 Å². The first-order valence-electron chi connectivity index (χ1n) is 9.78. The maximum absolute atomic E-state index is 12.4. The summed E-state index contributed by atoms with van der Waals surface area (Å²) in [6.07, 6.45) is 1.68. The third-order valence-electron chi connectivity index (χ3n) is 5.07. The fourth-order valence-electron chi connectivity index (χ4n) is 3.35. The maximum atomic E-state index is 12.4. The Morgan fingerprint density at radius 2 is 1.83 bits per heavy atom. The molecule has 0 aliphatic rings. The second-order valence-corrected chi connectivity index (χ2v) is 8.62. The molecular weight excluding hydrogens is 489 g/mol. The molecule has 0 spiro atoms. The summed E-state index contributed by atoms with van der Waals surface area (Å²) < 4.78 is 8.41. The number of aryl methyl sites for hydroxylation is 1. The summed E-state index contributed by atoms with van der Waals surface area (Å²) in [6.45, 7) is 8.50. The number of carbonyl (C=O) groups excluding carboxylic acids is 1. The SMILES string of the molecule is COc1cc(C(=O)N/N=C\c2cc(C)n(-c3ccc(C(C)C)cc3)c2C)ccc1I. The number of nitrogens with zero attached hydrogens (tertiary/aromatic N) is 2. The van der Waals surface area contributed by atoms with E-state index in [9.17, 15) is 4.79 Å². The van der Waals surface area contributed by atoms with Crippen LogP contribution in [0.3, 0.4) is 0 Å². The molecule has 5 nitrogen and oxygen atoms in total. The minimum absolute atomic E-state index is 0.279. The van der Waals surface area contributed by atoms with Crippen molar-refractivity contribution >= 4 is 34.7 Å². The Labute approximate surface area is 191 Å². The summed E-state index contributed by atoms with van der Waals surface area (Å²) in [5.74, 6) is 0.892. The van der Waals surface area contributed by atoms with Crippen molar-refractivity contribution in [2.24, 2.45) is 5.10 Å². The van der Waals surface area contributed by atoms with Crippen molar-refractivity contribution in [2.45, 2.75) is 33.6 Å². The van der Waals surface area contributed by atoms with Gasteiger partial charge in [0.25, 0.3) is 5.91 Å². The molecule has 3 aromatic rings. The Kier molecular flexibility index (Phi) is 6.97. The Morgan fingerprint density at radius 1 is 1.13 bits per heavy atom. The van der Waals surface area contributed by atoms with Gasteiger partial charge in [-0.05, 0) is 84.3 Å². The lowest BCUT2D eigenvalue weighted by Gasteiger charge is -2.12. The highest BCUT2D eigenvalue weighted by Crippen LogP contribution is 2.23. The number of benzene rings is 2. The number of nitrogens with one attached hydrogen (secondary N) is 1. The van der Waals surface area contributed by atoms with Gasteiger partial charge in [-0.2, -0.15) is 5.10 Å².